The van der Waals surface area contributed by atoms with Crippen LogP contribution in [-0.4, -0.2) is 23.7 Å². The van der Waals surface area contributed by atoms with Crippen molar-refractivity contribution in [3.63, 3.8) is 0 Å². The van der Waals surface area contributed by atoms with Crippen LogP contribution in [0.25, 0.3) is 11.0 Å². The van der Waals surface area contributed by atoms with Gasteiger partial charge in [0.25, 0.3) is 0 Å². The van der Waals surface area contributed by atoms with Gasteiger partial charge in [-0.15, -0.1) is 0 Å². The van der Waals surface area contributed by atoms with Crippen molar-refractivity contribution in [3.8, 4) is 5.75 Å². The number of alkyl carbamates (subject to hydrolysis) is 1. The molecule has 0 radical (unpaired) electrons. The molecule has 0 aliphatic rings. The third-order valence-electron chi connectivity index (χ3n) is 3.81. The Morgan fingerprint density at radius 3 is 2.41 bits per heavy atom. The second-order valence-corrected chi connectivity index (χ2v) is 7.61. The Hall–Kier alpha value is -2.54. The molecule has 0 saturated carbocycles. The highest BCUT2D eigenvalue weighted by Gasteiger charge is 2.23. The van der Waals surface area contributed by atoms with Crippen LogP contribution in [0, 0.1) is 13.8 Å². The molecule has 0 aliphatic heterocycles. The Bertz CT molecular complexity index is 957. The van der Waals surface area contributed by atoms with Gasteiger partial charge < -0.3 is 19.2 Å². The minimum Gasteiger partial charge on any atom is -0.444 e. The number of halogens is 1. The zero-order valence-corrected chi connectivity index (χ0v) is 16.8. The molecule has 0 saturated heterocycles. The van der Waals surface area contributed by atoms with Gasteiger partial charge in [0.2, 0.25) is 0 Å². The van der Waals surface area contributed by atoms with Crippen molar-refractivity contribution in [1.29, 1.82) is 0 Å². The molecule has 146 valence electrons. The number of carbonyl (C=O) groups is 2. The van der Waals surface area contributed by atoms with Gasteiger partial charge >= 0.3 is 17.7 Å². The average Bonchev–Trinajstić information content (AvgIpc) is 2.52. The van der Waals surface area contributed by atoms with E-state index in [4.69, 9.17) is 25.5 Å². The number of hydrogen-bond acceptors (Lipinski definition) is 6. The number of carbonyl (C=O) groups excluding carboxylic acids is 2. The summed E-state index contributed by atoms with van der Waals surface area (Å²) in [6.07, 6.45) is -0.742. The second kappa shape index (κ2) is 7.60. The van der Waals surface area contributed by atoms with Gasteiger partial charge in [0.05, 0.1) is 5.02 Å². The molecular formula is C19H22ClNO6. The van der Waals surface area contributed by atoms with Crippen LogP contribution < -0.4 is 15.7 Å². The SMILES string of the molecule is Cc1c(C)c2cc(Cl)c(OC(=O)[C@H](C)NC(=O)OC(C)(C)C)cc2oc1=O. The molecule has 2 aromatic rings. The lowest BCUT2D eigenvalue weighted by molar-refractivity contribution is -0.136. The van der Waals surface area contributed by atoms with Crippen molar-refractivity contribution in [2.24, 2.45) is 0 Å². The van der Waals surface area contributed by atoms with E-state index in [1.54, 1.807) is 40.7 Å². The van der Waals surface area contributed by atoms with Gasteiger partial charge in [0, 0.05) is 17.0 Å². The van der Waals surface area contributed by atoms with E-state index in [1.807, 2.05) is 0 Å². The molecule has 0 spiro atoms. The summed E-state index contributed by atoms with van der Waals surface area (Å²) < 4.78 is 15.6. The van der Waals surface area contributed by atoms with Crippen molar-refractivity contribution >= 4 is 34.6 Å². The van der Waals surface area contributed by atoms with Gasteiger partial charge in [0.15, 0.2) is 5.75 Å². The molecule has 1 N–H and O–H groups in total. The molecule has 27 heavy (non-hydrogen) atoms. The highest BCUT2D eigenvalue weighted by atomic mass is 35.5. The molecule has 8 heteroatoms. The van der Waals surface area contributed by atoms with Crippen LogP contribution in [0.5, 0.6) is 5.75 Å². The van der Waals surface area contributed by atoms with Gasteiger partial charge in [-0.05, 0) is 53.2 Å². The molecule has 2 rings (SSSR count). The smallest absolute Gasteiger partial charge is 0.408 e. The minimum absolute atomic E-state index is 0.0263. The van der Waals surface area contributed by atoms with E-state index in [2.05, 4.69) is 5.32 Å². The molecule has 1 heterocycles. The topological polar surface area (TPSA) is 94.8 Å². The van der Waals surface area contributed by atoms with E-state index in [0.717, 1.165) is 5.56 Å². The largest absolute Gasteiger partial charge is 0.444 e. The summed E-state index contributed by atoms with van der Waals surface area (Å²) in [6.45, 7) is 10.0. The van der Waals surface area contributed by atoms with Gasteiger partial charge in [-0.3, -0.25) is 0 Å². The summed E-state index contributed by atoms with van der Waals surface area (Å²) >= 11 is 6.20. The molecular weight excluding hydrogens is 374 g/mol. The summed E-state index contributed by atoms with van der Waals surface area (Å²) in [5.74, 6) is -0.716. The number of amides is 1. The fourth-order valence-electron chi connectivity index (χ4n) is 2.26. The van der Waals surface area contributed by atoms with Crippen LogP contribution >= 0.6 is 11.6 Å². The predicted octanol–water partition coefficient (Wildman–Crippen LogP) is 3.88. The molecule has 0 bridgehead atoms. The second-order valence-electron chi connectivity index (χ2n) is 7.21. The zero-order valence-electron chi connectivity index (χ0n) is 16.1. The van der Waals surface area contributed by atoms with Crippen LogP contribution in [0.4, 0.5) is 4.79 Å². The number of esters is 1. The Balaban J connectivity index is 2.21. The molecule has 1 amide bonds. The Kier molecular flexibility index (Phi) is 5.85. The first-order valence-corrected chi connectivity index (χ1v) is 8.71. The van der Waals surface area contributed by atoms with E-state index in [9.17, 15) is 14.4 Å². The Morgan fingerprint density at radius 2 is 1.81 bits per heavy atom. The first-order chi connectivity index (χ1) is 12.4. The third kappa shape index (κ3) is 5.01. The molecule has 7 nitrogen and oxygen atoms in total. The van der Waals surface area contributed by atoms with Gasteiger partial charge in [-0.25, -0.2) is 14.4 Å². The van der Waals surface area contributed by atoms with Gasteiger partial charge in [-0.1, -0.05) is 11.6 Å². The van der Waals surface area contributed by atoms with Crippen LogP contribution in [0.3, 0.4) is 0 Å². The summed E-state index contributed by atoms with van der Waals surface area (Å²) in [5.41, 5.74) is 0.310. The monoisotopic (exact) mass is 395 g/mol. The summed E-state index contributed by atoms with van der Waals surface area (Å²) in [7, 11) is 0. The first-order valence-electron chi connectivity index (χ1n) is 8.34. The number of hydrogen-bond donors (Lipinski definition) is 1. The van der Waals surface area contributed by atoms with E-state index in [1.165, 1.54) is 13.0 Å². The van der Waals surface area contributed by atoms with Gasteiger partial charge in [0.1, 0.15) is 17.2 Å². The van der Waals surface area contributed by atoms with E-state index in [0.29, 0.717) is 10.9 Å². The van der Waals surface area contributed by atoms with Crippen molar-refractivity contribution in [2.45, 2.75) is 53.2 Å². The zero-order chi connectivity index (χ0) is 20.5. The highest BCUT2D eigenvalue weighted by molar-refractivity contribution is 6.33. The minimum atomic E-state index is -0.974. The summed E-state index contributed by atoms with van der Waals surface area (Å²) in [6, 6.07) is 1.97. The normalized spacial score (nSPS) is 12.6. The van der Waals surface area contributed by atoms with E-state index in [-0.39, 0.29) is 16.4 Å². The van der Waals surface area contributed by atoms with Crippen LogP contribution in [-0.2, 0) is 9.53 Å². The molecule has 0 unspecified atom stereocenters. The first kappa shape index (κ1) is 20.8. The van der Waals surface area contributed by atoms with Crippen LogP contribution in [0.2, 0.25) is 5.02 Å². The maximum Gasteiger partial charge on any atom is 0.408 e. The van der Waals surface area contributed by atoms with Crippen LogP contribution in [0.1, 0.15) is 38.8 Å². The molecule has 1 atom stereocenters. The number of aryl methyl sites for hydroxylation is 1. The predicted molar refractivity (Wildman–Crippen MR) is 101 cm³/mol. The van der Waals surface area contributed by atoms with E-state index < -0.39 is 29.3 Å². The Labute approximate surface area is 161 Å². The molecule has 1 aromatic heterocycles. The lowest BCUT2D eigenvalue weighted by Gasteiger charge is -2.21. The quantitative estimate of drug-likeness (QED) is 0.481. The third-order valence-corrected chi connectivity index (χ3v) is 4.10. The number of rotatable bonds is 3. The standard InChI is InChI=1S/C19H22ClNO6/c1-9-10(2)16(22)25-14-8-15(13(20)7-12(9)14)26-17(23)11(3)21-18(24)27-19(4,5)6/h7-8,11H,1-6H3,(H,21,24)/t11-/m0/s1. The van der Waals surface area contributed by atoms with Crippen molar-refractivity contribution in [3.05, 3.63) is 38.7 Å². The summed E-state index contributed by atoms with van der Waals surface area (Å²) in [4.78, 5) is 35.9. The lowest BCUT2D eigenvalue weighted by atomic mass is 10.1. The lowest BCUT2D eigenvalue weighted by Crippen LogP contribution is -2.43. The average molecular weight is 396 g/mol. The fraction of sp³-hybridized carbons (Fsp3) is 0.421. The highest BCUT2D eigenvalue weighted by Crippen LogP contribution is 2.32. The van der Waals surface area contributed by atoms with Crippen molar-refractivity contribution < 1.29 is 23.5 Å². The number of fused-ring (bicyclic) bond motifs is 1. The molecule has 1 aromatic carbocycles. The van der Waals surface area contributed by atoms with Crippen LogP contribution in [0.15, 0.2) is 21.3 Å². The number of ether oxygens (including phenoxy) is 2. The molecule has 0 fully saturated rings. The molecule has 0 aliphatic carbocycles. The number of nitrogens with one attached hydrogen (secondary N) is 1. The maximum atomic E-state index is 12.2. The number of benzene rings is 1. The van der Waals surface area contributed by atoms with Crippen molar-refractivity contribution in [1.82, 2.24) is 5.32 Å². The van der Waals surface area contributed by atoms with E-state index >= 15 is 0 Å². The fourth-order valence-corrected chi connectivity index (χ4v) is 2.46. The van der Waals surface area contributed by atoms with Crippen molar-refractivity contribution in [2.75, 3.05) is 0 Å². The Morgan fingerprint density at radius 1 is 1.19 bits per heavy atom. The maximum absolute atomic E-state index is 12.2. The summed E-state index contributed by atoms with van der Waals surface area (Å²) in [5, 5.41) is 3.21. The van der Waals surface area contributed by atoms with Gasteiger partial charge in [-0.2, -0.15) is 0 Å².